The summed E-state index contributed by atoms with van der Waals surface area (Å²) >= 11 is 6.03. The first kappa shape index (κ1) is 16.2. The van der Waals surface area contributed by atoms with Gasteiger partial charge in [-0.3, -0.25) is 4.79 Å². The van der Waals surface area contributed by atoms with Crippen LogP contribution in [0.3, 0.4) is 0 Å². The monoisotopic (exact) mass is 312 g/mol. The van der Waals surface area contributed by atoms with Gasteiger partial charge in [-0.2, -0.15) is 0 Å². The predicted molar refractivity (Wildman–Crippen MR) is 82.7 cm³/mol. The lowest BCUT2D eigenvalue weighted by molar-refractivity contribution is -0.119. The van der Waals surface area contributed by atoms with Crippen molar-refractivity contribution < 1.29 is 9.18 Å². The van der Waals surface area contributed by atoms with Crippen molar-refractivity contribution in [3.05, 3.63) is 34.6 Å². The second-order valence-electron chi connectivity index (χ2n) is 5.78. The summed E-state index contributed by atoms with van der Waals surface area (Å²) in [4.78, 5) is 13.3. The second kappa shape index (κ2) is 7.76. The minimum Gasteiger partial charge on any atom is -0.370 e. The molecule has 2 rings (SSSR count). The van der Waals surface area contributed by atoms with Gasteiger partial charge in [0.25, 0.3) is 0 Å². The third kappa shape index (κ3) is 4.97. The van der Waals surface area contributed by atoms with Crippen molar-refractivity contribution in [3.8, 4) is 0 Å². The Bertz CT molecular complexity index is 475. The fourth-order valence-electron chi connectivity index (χ4n) is 3.06. The number of carbonyl (C=O) groups is 1. The van der Waals surface area contributed by atoms with Crippen LogP contribution in [0.15, 0.2) is 18.2 Å². The maximum atomic E-state index is 13.7. The van der Waals surface area contributed by atoms with Gasteiger partial charge in [0, 0.05) is 23.6 Å². The van der Waals surface area contributed by atoms with Crippen LogP contribution in [0.25, 0.3) is 0 Å². The smallest absolute Gasteiger partial charge is 0.217 e. The SMILES string of the molecule is NC(=O)C[C@@H]1CCCN(CCCc2c(F)cccc2Cl)C1. The van der Waals surface area contributed by atoms with Gasteiger partial charge >= 0.3 is 0 Å². The third-order valence-corrected chi connectivity index (χ3v) is 4.41. The van der Waals surface area contributed by atoms with E-state index < -0.39 is 0 Å². The Morgan fingerprint density at radius 1 is 1.48 bits per heavy atom. The van der Waals surface area contributed by atoms with Crippen molar-refractivity contribution in [1.29, 1.82) is 0 Å². The molecule has 1 aromatic carbocycles. The maximum Gasteiger partial charge on any atom is 0.217 e. The Morgan fingerprint density at radius 2 is 2.29 bits per heavy atom. The van der Waals surface area contributed by atoms with Gasteiger partial charge in [-0.15, -0.1) is 0 Å². The van der Waals surface area contributed by atoms with E-state index in [4.69, 9.17) is 17.3 Å². The molecule has 0 saturated carbocycles. The number of rotatable bonds is 6. The highest BCUT2D eigenvalue weighted by Crippen LogP contribution is 2.22. The summed E-state index contributed by atoms with van der Waals surface area (Å²) in [5.41, 5.74) is 5.87. The van der Waals surface area contributed by atoms with E-state index in [2.05, 4.69) is 4.90 Å². The summed E-state index contributed by atoms with van der Waals surface area (Å²) in [5, 5.41) is 0.500. The molecule has 1 aliphatic rings. The first-order valence-corrected chi connectivity index (χ1v) is 7.87. The standard InChI is InChI=1S/C16H22ClFN2O/c17-14-6-1-7-15(18)13(14)5-3-9-20-8-2-4-12(11-20)10-16(19)21/h1,6-7,12H,2-5,8-11H2,(H2,19,21)/t12-/m0/s1. The minimum atomic E-state index is -0.229. The Hall–Kier alpha value is -1.13. The topological polar surface area (TPSA) is 46.3 Å². The fourth-order valence-corrected chi connectivity index (χ4v) is 3.31. The lowest BCUT2D eigenvalue weighted by Crippen LogP contribution is -2.37. The predicted octanol–water partition coefficient (Wildman–Crippen LogP) is 3.00. The number of benzene rings is 1. The molecule has 21 heavy (non-hydrogen) atoms. The number of hydrogen-bond donors (Lipinski definition) is 1. The molecule has 2 N–H and O–H groups in total. The zero-order valence-corrected chi connectivity index (χ0v) is 12.9. The number of piperidine rings is 1. The average molecular weight is 313 g/mol. The van der Waals surface area contributed by atoms with Crippen LogP contribution in [0.2, 0.25) is 5.02 Å². The minimum absolute atomic E-state index is 0.222. The highest BCUT2D eigenvalue weighted by Gasteiger charge is 2.21. The number of likely N-dealkylation sites (tertiary alicyclic amines) is 1. The van der Waals surface area contributed by atoms with Crippen LogP contribution in [0.4, 0.5) is 4.39 Å². The summed E-state index contributed by atoms with van der Waals surface area (Å²) < 4.78 is 13.7. The number of carbonyl (C=O) groups excluding carboxylic acids is 1. The van der Waals surface area contributed by atoms with E-state index in [1.54, 1.807) is 12.1 Å². The third-order valence-electron chi connectivity index (χ3n) is 4.06. The molecule has 0 spiro atoms. The molecule has 1 heterocycles. The Kier molecular flexibility index (Phi) is 6.00. The van der Waals surface area contributed by atoms with Crippen molar-refractivity contribution in [3.63, 3.8) is 0 Å². The quantitative estimate of drug-likeness (QED) is 0.877. The summed E-state index contributed by atoms with van der Waals surface area (Å²) in [6.07, 6.45) is 4.14. The number of nitrogens with two attached hydrogens (primary N) is 1. The molecule has 0 bridgehead atoms. The second-order valence-corrected chi connectivity index (χ2v) is 6.19. The fraction of sp³-hybridized carbons (Fsp3) is 0.562. The molecule has 116 valence electrons. The van der Waals surface area contributed by atoms with Crippen LogP contribution in [-0.2, 0) is 11.2 Å². The van der Waals surface area contributed by atoms with E-state index in [1.165, 1.54) is 6.07 Å². The lowest BCUT2D eigenvalue weighted by Gasteiger charge is -2.32. The van der Waals surface area contributed by atoms with Gasteiger partial charge in [0.2, 0.25) is 5.91 Å². The molecule has 1 amide bonds. The van der Waals surface area contributed by atoms with Crippen LogP contribution in [0.1, 0.15) is 31.2 Å². The van der Waals surface area contributed by atoms with Crippen LogP contribution >= 0.6 is 11.6 Å². The van der Waals surface area contributed by atoms with E-state index in [0.29, 0.717) is 29.3 Å². The molecule has 3 nitrogen and oxygen atoms in total. The molecular formula is C16H22ClFN2O. The largest absolute Gasteiger partial charge is 0.370 e. The molecule has 0 aliphatic carbocycles. The number of nitrogens with zero attached hydrogens (tertiary/aromatic N) is 1. The highest BCUT2D eigenvalue weighted by atomic mass is 35.5. The van der Waals surface area contributed by atoms with Crippen molar-refractivity contribution >= 4 is 17.5 Å². The zero-order chi connectivity index (χ0) is 15.2. The molecule has 1 aromatic rings. The van der Waals surface area contributed by atoms with E-state index in [-0.39, 0.29) is 11.7 Å². The first-order chi connectivity index (χ1) is 10.1. The van der Waals surface area contributed by atoms with E-state index in [1.807, 2.05) is 0 Å². The Labute approximate surface area is 130 Å². The van der Waals surface area contributed by atoms with E-state index >= 15 is 0 Å². The van der Waals surface area contributed by atoms with Crippen LogP contribution in [0.5, 0.6) is 0 Å². The lowest BCUT2D eigenvalue weighted by atomic mass is 9.94. The average Bonchev–Trinajstić information content (AvgIpc) is 2.42. The van der Waals surface area contributed by atoms with Crippen LogP contribution < -0.4 is 5.73 Å². The Balaban J connectivity index is 1.79. The molecule has 1 saturated heterocycles. The van der Waals surface area contributed by atoms with Crippen LogP contribution in [-0.4, -0.2) is 30.4 Å². The number of amides is 1. The van der Waals surface area contributed by atoms with Crippen molar-refractivity contribution in [2.24, 2.45) is 11.7 Å². The van der Waals surface area contributed by atoms with Gasteiger partial charge in [-0.25, -0.2) is 4.39 Å². The first-order valence-electron chi connectivity index (χ1n) is 7.50. The summed E-state index contributed by atoms with van der Waals surface area (Å²) in [6.45, 7) is 2.86. The molecule has 0 radical (unpaired) electrons. The summed E-state index contributed by atoms with van der Waals surface area (Å²) in [7, 11) is 0. The van der Waals surface area contributed by atoms with Gasteiger partial charge in [0.1, 0.15) is 5.82 Å². The van der Waals surface area contributed by atoms with Gasteiger partial charge in [-0.05, 0) is 56.8 Å². The zero-order valence-electron chi connectivity index (χ0n) is 12.2. The van der Waals surface area contributed by atoms with Crippen molar-refractivity contribution in [1.82, 2.24) is 4.90 Å². The maximum absolute atomic E-state index is 13.7. The molecule has 5 heteroatoms. The molecule has 0 aromatic heterocycles. The number of halogens is 2. The van der Waals surface area contributed by atoms with Gasteiger partial charge in [0.15, 0.2) is 0 Å². The van der Waals surface area contributed by atoms with E-state index in [9.17, 15) is 9.18 Å². The highest BCUT2D eigenvalue weighted by molar-refractivity contribution is 6.31. The molecule has 1 atom stereocenters. The molecular weight excluding hydrogens is 291 g/mol. The van der Waals surface area contributed by atoms with E-state index in [0.717, 1.165) is 38.9 Å². The number of hydrogen-bond acceptors (Lipinski definition) is 2. The molecule has 1 fully saturated rings. The van der Waals surface area contributed by atoms with Gasteiger partial charge in [-0.1, -0.05) is 17.7 Å². The number of primary amides is 1. The normalized spacial score (nSPS) is 19.6. The van der Waals surface area contributed by atoms with Gasteiger partial charge < -0.3 is 10.6 Å². The molecule has 1 aliphatic heterocycles. The van der Waals surface area contributed by atoms with Gasteiger partial charge in [0.05, 0.1) is 0 Å². The van der Waals surface area contributed by atoms with Crippen molar-refractivity contribution in [2.45, 2.75) is 32.1 Å². The van der Waals surface area contributed by atoms with Crippen molar-refractivity contribution in [2.75, 3.05) is 19.6 Å². The van der Waals surface area contributed by atoms with Crippen LogP contribution in [0, 0.1) is 11.7 Å². The summed E-state index contributed by atoms with van der Waals surface area (Å²) in [5.74, 6) is -0.0824. The Morgan fingerprint density at radius 3 is 3.00 bits per heavy atom. The molecule has 0 unspecified atom stereocenters. The summed E-state index contributed by atoms with van der Waals surface area (Å²) in [6, 6.07) is 4.80.